The van der Waals surface area contributed by atoms with Crippen LogP contribution in [0.2, 0.25) is 5.02 Å². The average Bonchev–Trinajstić information content (AvgIpc) is 2.53. The average molecular weight is 315 g/mol. The Labute approximate surface area is 136 Å². The highest BCUT2D eigenvalue weighted by Gasteiger charge is 2.11. The van der Waals surface area contributed by atoms with Crippen LogP contribution in [0.25, 0.3) is 0 Å². The summed E-state index contributed by atoms with van der Waals surface area (Å²) in [5, 5.41) is 0.516. The molecule has 114 valence electrons. The van der Waals surface area contributed by atoms with Crippen molar-refractivity contribution >= 4 is 17.4 Å². The number of carbonyl (C=O) groups excluding carboxylic acids is 1. The van der Waals surface area contributed by atoms with Crippen LogP contribution in [0, 0.1) is 0 Å². The van der Waals surface area contributed by atoms with Gasteiger partial charge in [0.15, 0.2) is 5.78 Å². The van der Waals surface area contributed by atoms with Gasteiger partial charge >= 0.3 is 0 Å². The lowest BCUT2D eigenvalue weighted by Gasteiger charge is -2.09. The lowest BCUT2D eigenvalue weighted by molar-refractivity contribution is 0.103. The van der Waals surface area contributed by atoms with Crippen LogP contribution in [0.1, 0.15) is 36.2 Å². The lowest BCUT2D eigenvalue weighted by Crippen LogP contribution is -2.03. The first-order valence-electron chi connectivity index (χ1n) is 7.23. The van der Waals surface area contributed by atoms with Gasteiger partial charge in [0.25, 0.3) is 0 Å². The highest BCUT2D eigenvalue weighted by atomic mass is 35.5. The van der Waals surface area contributed by atoms with Gasteiger partial charge < -0.3 is 4.74 Å². The van der Waals surface area contributed by atoms with Crippen LogP contribution >= 0.6 is 11.6 Å². The number of hydrogen-bond donors (Lipinski definition) is 0. The number of halogens is 1. The zero-order valence-corrected chi connectivity index (χ0v) is 13.6. The van der Waals surface area contributed by atoms with Crippen molar-refractivity contribution in [2.45, 2.75) is 20.3 Å². The van der Waals surface area contributed by atoms with E-state index in [4.69, 9.17) is 16.3 Å². The first-order valence-corrected chi connectivity index (χ1v) is 7.61. The van der Waals surface area contributed by atoms with Gasteiger partial charge in [-0.3, -0.25) is 4.79 Å². The third kappa shape index (κ3) is 4.47. The Kier molecular flexibility index (Phi) is 5.79. The van der Waals surface area contributed by atoms with Gasteiger partial charge in [-0.25, -0.2) is 0 Å². The fourth-order valence-corrected chi connectivity index (χ4v) is 2.20. The molecule has 0 radical (unpaired) electrons. The molecule has 0 saturated carbocycles. The summed E-state index contributed by atoms with van der Waals surface area (Å²) in [5.74, 6) is 0.511. The van der Waals surface area contributed by atoms with Gasteiger partial charge in [-0.1, -0.05) is 53.6 Å². The summed E-state index contributed by atoms with van der Waals surface area (Å²) in [6.07, 6.45) is 2.92. The number of hydrogen-bond acceptors (Lipinski definition) is 2. The molecule has 0 bridgehead atoms. The molecule has 0 spiro atoms. The van der Waals surface area contributed by atoms with Gasteiger partial charge in [-0.2, -0.15) is 0 Å². The van der Waals surface area contributed by atoms with E-state index in [9.17, 15) is 4.79 Å². The molecule has 0 fully saturated rings. The number of ether oxygens (including phenoxy) is 1. The third-order valence-electron chi connectivity index (χ3n) is 3.16. The Morgan fingerprint density at radius 2 is 1.82 bits per heavy atom. The van der Waals surface area contributed by atoms with Crippen molar-refractivity contribution < 1.29 is 9.53 Å². The van der Waals surface area contributed by atoms with E-state index in [2.05, 4.69) is 6.08 Å². The van der Waals surface area contributed by atoms with E-state index in [-0.39, 0.29) is 5.78 Å². The van der Waals surface area contributed by atoms with Crippen LogP contribution in [-0.4, -0.2) is 12.4 Å². The van der Waals surface area contributed by atoms with Crippen molar-refractivity contribution in [3.63, 3.8) is 0 Å². The number of carbonyl (C=O) groups is 1. The van der Waals surface area contributed by atoms with Gasteiger partial charge in [-0.05, 0) is 38.5 Å². The van der Waals surface area contributed by atoms with Gasteiger partial charge in [-0.15, -0.1) is 0 Å². The number of ketones is 1. The summed E-state index contributed by atoms with van der Waals surface area (Å²) < 4.78 is 5.69. The Balaban J connectivity index is 2.13. The maximum Gasteiger partial charge on any atom is 0.193 e. The maximum atomic E-state index is 12.4. The van der Waals surface area contributed by atoms with Gasteiger partial charge in [0.2, 0.25) is 0 Å². The summed E-state index contributed by atoms with van der Waals surface area (Å²) in [6, 6.07) is 14.3. The molecule has 0 N–H and O–H groups in total. The molecule has 0 atom stereocenters. The van der Waals surface area contributed by atoms with E-state index in [1.807, 2.05) is 32.0 Å². The Morgan fingerprint density at radius 3 is 2.50 bits per heavy atom. The molecule has 0 aliphatic carbocycles. The van der Waals surface area contributed by atoms with Crippen LogP contribution in [0.3, 0.4) is 0 Å². The fraction of sp³-hybridized carbons (Fsp3) is 0.211. The zero-order valence-electron chi connectivity index (χ0n) is 12.8. The van der Waals surface area contributed by atoms with Crippen molar-refractivity contribution in [2.24, 2.45) is 0 Å². The molecule has 0 aliphatic rings. The predicted octanol–water partition coefficient (Wildman–Crippen LogP) is 5.31. The molecule has 22 heavy (non-hydrogen) atoms. The fourth-order valence-electron chi connectivity index (χ4n) is 2.03. The number of allylic oxidation sites excluding steroid dienone is 1. The predicted molar refractivity (Wildman–Crippen MR) is 90.9 cm³/mol. The molecule has 0 aromatic heterocycles. The minimum Gasteiger partial charge on any atom is -0.492 e. The van der Waals surface area contributed by atoms with E-state index in [0.717, 1.165) is 6.42 Å². The molecule has 0 amide bonds. The Morgan fingerprint density at radius 1 is 1.09 bits per heavy atom. The zero-order chi connectivity index (χ0) is 15.9. The van der Waals surface area contributed by atoms with Crippen molar-refractivity contribution in [2.75, 3.05) is 6.61 Å². The molecule has 0 saturated heterocycles. The number of benzene rings is 2. The minimum absolute atomic E-state index is 0.0357. The second-order valence-electron chi connectivity index (χ2n) is 5.26. The molecule has 2 rings (SSSR count). The molecule has 2 nitrogen and oxygen atoms in total. The second kappa shape index (κ2) is 7.81. The van der Waals surface area contributed by atoms with Crippen LogP contribution in [-0.2, 0) is 0 Å². The van der Waals surface area contributed by atoms with Crippen LogP contribution in [0.5, 0.6) is 5.75 Å². The first-order chi connectivity index (χ1) is 10.6. The summed E-state index contributed by atoms with van der Waals surface area (Å²) in [6.45, 7) is 4.63. The highest BCUT2D eigenvalue weighted by Crippen LogP contribution is 2.27. The molecular weight excluding hydrogens is 296 g/mol. The molecule has 0 heterocycles. The normalized spacial score (nSPS) is 10.1. The van der Waals surface area contributed by atoms with E-state index in [1.165, 1.54) is 5.57 Å². The quantitative estimate of drug-likeness (QED) is 0.410. The standard InChI is InChI=1S/C19H19ClO2/c1-14(2)7-6-12-22-18-13-16(10-11-17(18)20)19(21)15-8-4-3-5-9-15/h3-5,7-11,13H,6,12H2,1-2H3. The van der Waals surface area contributed by atoms with Gasteiger partial charge in [0.05, 0.1) is 11.6 Å². The molecular formula is C19H19ClO2. The largest absolute Gasteiger partial charge is 0.492 e. The summed E-state index contributed by atoms with van der Waals surface area (Å²) in [5.41, 5.74) is 2.48. The van der Waals surface area contributed by atoms with Crippen LogP contribution in [0.15, 0.2) is 60.2 Å². The second-order valence-corrected chi connectivity index (χ2v) is 5.67. The monoisotopic (exact) mass is 314 g/mol. The molecule has 0 aliphatic heterocycles. The number of rotatable bonds is 6. The van der Waals surface area contributed by atoms with Crippen LogP contribution < -0.4 is 4.74 Å². The van der Waals surface area contributed by atoms with Crippen molar-refractivity contribution in [3.8, 4) is 5.75 Å². The first kappa shape index (κ1) is 16.3. The Bertz CT molecular complexity index is 671. The minimum atomic E-state index is -0.0357. The van der Waals surface area contributed by atoms with Crippen molar-refractivity contribution in [1.82, 2.24) is 0 Å². The lowest BCUT2D eigenvalue weighted by atomic mass is 10.0. The third-order valence-corrected chi connectivity index (χ3v) is 3.47. The summed E-state index contributed by atoms with van der Waals surface area (Å²) in [7, 11) is 0. The maximum absolute atomic E-state index is 12.4. The highest BCUT2D eigenvalue weighted by molar-refractivity contribution is 6.32. The van der Waals surface area contributed by atoms with E-state index in [1.54, 1.807) is 30.3 Å². The topological polar surface area (TPSA) is 26.3 Å². The van der Waals surface area contributed by atoms with E-state index in [0.29, 0.717) is 28.5 Å². The van der Waals surface area contributed by atoms with Gasteiger partial charge in [0, 0.05) is 11.1 Å². The SMILES string of the molecule is CC(C)=CCCOc1cc(C(=O)c2ccccc2)ccc1Cl. The molecule has 3 heteroatoms. The molecule has 2 aromatic rings. The van der Waals surface area contributed by atoms with Crippen molar-refractivity contribution in [3.05, 3.63) is 76.3 Å². The smallest absolute Gasteiger partial charge is 0.193 e. The van der Waals surface area contributed by atoms with Gasteiger partial charge in [0.1, 0.15) is 5.75 Å². The van der Waals surface area contributed by atoms with E-state index < -0.39 is 0 Å². The molecule has 2 aromatic carbocycles. The van der Waals surface area contributed by atoms with Crippen LogP contribution in [0.4, 0.5) is 0 Å². The van der Waals surface area contributed by atoms with Crippen molar-refractivity contribution in [1.29, 1.82) is 0 Å². The Hall–Kier alpha value is -2.06. The summed E-state index contributed by atoms with van der Waals surface area (Å²) in [4.78, 5) is 12.4. The molecule has 0 unspecified atom stereocenters. The van der Waals surface area contributed by atoms with E-state index >= 15 is 0 Å². The summed E-state index contributed by atoms with van der Waals surface area (Å²) >= 11 is 6.14.